The van der Waals surface area contributed by atoms with Crippen molar-refractivity contribution in [2.45, 2.75) is 102 Å². The van der Waals surface area contributed by atoms with Gasteiger partial charge in [0.2, 0.25) is 21.8 Å². The first-order valence-corrected chi connectivity index (χ1v) is 18.1. The number of amides is 5. The van der Waals surface area contributed by atoms with Crippen LogP contribution in [0, 0.1) is 11.3 Å². The van der Waals surface area contributed by atoms with Crippen LogP contribution in [0.5, 0.6) is 0 Å². The molecule has 0 bridgehead atoms. The molecular weight excluding hydrogens is 686 g/mol. The van der Waals surface area contributed by atoms with Gasteiger partial charge in [-0.25, -0.2) is 22.8 Å². The molecule has 4 N–H and O–H groups in total. The Morgan fingerprint density at radius 1 is 1.02 bits per heavy atom. The van der Waals surface area contributed by atoms with E-state index in [4.69, 9.17) is 14.2 Å². The van der Waals surface area contributed by atoms with Crippen molar-refractivity contribution >= 4 is 51.6 Å². The highest BCUT2D eigenvalue weighted by atomic mass is 32.2. The van der Waals surface area contributed by atoms with Crippen LogP contribution >= 0.6 is 0 Å². The molecule has 5 unspecified atom stereocenters. The van der Waals surface area contributed by atoms with Crippen molar-refractivity contribution in [3.63, 3.8) is 0 Å². The smallest absolute Gasteiger partial charge is 0.411 e. The first-order chi connectivity index (χ1) is 23.6. The molecule has 3 fully saturated rings. The standard InChI is InChI=1S/C34H47N5O11S/c1-9-19-17-34(19,29(43)38-51(46,47)21-14-15-21)37-26(40)24-16-20(49-30(44)35-23-13-11-10-12-22(23)28(42)48-8)18-39(24)27(41)25(32(2,3)4)36-31(45)50-33(5,6)7/h9-13,19-21,24-25H,1,14-18H2,2-8H3,(H,35,44)(H,36,45)(H,37,40)(H,38,43). The number of nitrogens with zero attached hydrogens (tertiary/aromatic N) is 1. The lowest BCUT2D eigenvalue weighted by Gasteiger charge is -2.36. The summed E-state index contributed by atoms with van der Waals surface area (Å²) in [6.07, 6.45) is -0.796. The molecule has 1 saturated heterocycles. The number of nitrogens with one attached hydrogen (secondary N) is 4. The zero-order valence-electron chi connectivity index (χ0n) is 29.9. The van der Waals surface area contributed by atoms with Gasteiger partial charge in [-0.1, -0.05) is 39.0 Å². The number of sulfonamides is 1. The summed E-state index contributed by atoms with van der Waals surface area (Å²) in [6.45, 7) is 13.5. The highest BCUT2D eigenvalue weighted by Crippen LogP contribution is 2.45. The van der Waals surface area contributed by atoms with Crippen LogP contribution in [0.1, 0.15) is 77.6 Å². The van der Waals surface area contributed by atoms with Gasteiger partial charge in [0, 0.05) is 12.3 Å². The number of carbonyl (C=O) groups is 6. The van der Waals surface area contributed by atoms with Gasteiger partial charge in [0.15, 0.2) is 0 Å². The van der Waals surface area contributed by atoms with E-state index in [1.54, 1.807) is 53.7 Å². The molecular formula is C34H47N5O11S. The third-order valence-electron chi connectivity index (χ3n) is 8.71. The van der Waals surface area contributed by atoms with Gasteiger partial charge < -0.3 is 29.7 Å². The number of hydrogen-bond donors (Lipinski definition) is 4. The quantitative estimate of drug-likeness (QED) is 0.147. The van der Waals surface area contributed by atoms with Gasteiger partial charge in [-0.05, 0) is 57.6 Å². The second kappa shape index (κ2) is 14.5. The number of carbonyl (C=O) groups excluding carboxylic acids is 6. The van der Waals surface area contributed by atoms with E-state index < -0.39 is 91.8 Å². The van der Waals surface area contributed by atoms with E-state index in [1.165, 1.54) is 25.3 Å². The Morgan fingerprint density at radius 3 is 2.22 bits per heavy atom. The van der Waals surface area contributed by atoms with Crippen molar-refractivity contribution in [1.82, 2.24) is 20.3 Å². The Morgan fingerprint density at radius 2 is 1.67 bits per heavy atom. The average molecular weight is 734 g/mol. The molecule has 16 nitrogen and oxygen atoms in total. The van der Waals surface area contributed by atoms with Gasteiger partial charge in [-0.3, -0.25) is 24.4 Å². The van der Waals surface area contributed by atoms with E-state index >= 15 is 0 Å². The number of benzene rings is 1. The summed E-state index contributed by atoms with van der Waals surface area (Å²) >= 11 is 0. The number of ether oxygens (including phenoxy) is 3. The zero-order chi connectivity index (χ0) is 38.1. The maximum absolute atomic E-state index is 14.3. The minimum atomic E-state index is -3.95. The summed E-state index contributed by atoms with van der Waals surface area (Å²) in [5, 5.41) is 7.07. The lowest BCUT2D eigenvalue weighted by Crippen LogP contribution is -2.60. The van der Waals surface area contributed by atoms with Gasteiger partial charge in [0.1, 0.15) is 29.3 Å². The lowest BCUT2D eigenvalue weighted by molar-refractivity contribution is -0.143. The van der Waals surface area contributed by atoms with Gasteiger partial charge in [0.25, 0.3) is 5.91 Å². The zero-order valence-corrected chi connectivity index (χ0v) is 30.7. The summed E-state index contributed by atoms with van der Waals surface area (Å²) in [6, 6.07) is 3.53. The van der Waals surface area contributed by atoms with Crippen LogP contribution in [0.2, 0.25) is 0 Å². The van der Waals surface area contributed by atoms with Crippen molar-refractivity contribution < 1.29 is 51.4 Å². The largest absolute Gasteiger partial charge is 0.465 e. The van der Waals surface area contributed by atoms with E-state index in [2.05, 4.69) is 27.3 Å². The molecule has 1 heterocycles. The molecule has 1 aromatic carbocycles. The molecule has 51 heavy (non-hydrogen) atoms. The third kappa shape index (κ3) is 9.36. The Kier molecular flexibility index (Phi) is 11.1. The van der Waals surface area contributed by atoms with Crippen molar-refractivity contribution in [2.24, 2.45) is 11.3 Å². The number of anilines is 1. The Balaban J connectivity index is 1.60. The van der Waals surface area contributed by atoms with Gasteiger partial charge in [0.05, 0.1) is 30.2 Å². The van der Waals surface area contributed by atoms with Crippen molar-refractivity contribution in [3.05, 3.63) is 42.5 Å². The summed E-state index contributed by atoms with van der Waals surface area (Å²) in [4.78, 5) is 81.0. The van der Waals surface area contributed by atoms with E-state index in [0.717, 1.165) is 4.90 Å². The van der Waals surface area contributed by atoms with Crippen LogP contribution in [0.4, 0.5) is 15.3 Å². The molecule has 5 atom stereocenters. The monoisotopic (exact) mass is 733 g/mol. The predicted molar refractivity (Wildman–Crippen MR) is 184 cm³/mol. The van der Waals surface area contributed by atoms with Crippen LogP contribution in [-0.2, 0) is 38.6 Å². The minimum Gasteiger partial charge on any atom is -0.465 e. The topological polar surface area (TPSA) is 216 Å². The summed E-state index contributed by atoms with van der Waals surface area (Å²) in [5.41, 5.74) is -3.25. The van der Waals surface area contributed by atoms with E-state index in [1.807, 2.05) is 0 Å². The molecule has 280 valence electrons. The third-order valence-corrected chi connectivity index (χ3v) is 10.5. The highest BCUT2D eigenvalue weighted by molar-refractivity contribution is 7.91. The predicted octanol–water partition coefficient (Wildman–Crippen LogP) is 2.60. The lowest BCUT2D eigenvalue weighted by atomic mass is 9.85. The number of para-hydroxylation sites is 1. The first-order valence-electron chi connectivity index (χ1n) is 16.6. The molecule has 4 rings (SSSR count). The first kappa shape index (κ1) is 39.1. The maximum atomic E-state index is 14.3. The number of likely N-dealkylation sites (tertiary alicyclic amines) is 1. The molecule has 5 amide bonds. The van der Waals surface area contributed by atoms with Crippen LogP contribution in [0.25, 0.3) is 0 Å². The molecule has 0 spiro atoms. The second-order valence-corrected chi connectivity index (χ2v) is 17.0. The Bertz CT molecular complexity index is 1700. The second-order valence-electron chi connectivity index (χ2n) is 15.1. The fraction of sp³-hybridized carbons (Fsp3) is 0.588. The van der Waals surface area contributed by atoms with Crippen LogP contribution in [-0.4, -0.2) is 97.4 Å². The Hall–Kier alpha value is -4.67. The Labute approximate surface area is 297 Å². The normalized spacial score (nSPS) is 23.6. The van der Waals surface area contributed by atoms with Crippen molar-refractivity contribution in [1.29, 1.82) is 0 Å². The van der Waals surface area contributed by atoms with E-state index in [0.29, 0.717) is 12.8 Å². The van der Waals surface area contributed by atoms with Crippen LogP contribution in [0.15, 0.2) is 36.9 Å². The van der Waals surface area contributed by atoms with Crippen LogP contribution in [0.3, 0.4) is 0 Å². The fourth-order valence-electron chi connectivity index (χ4n) is 5.80. The summed E-state index contributed by atoms with van der Waals surface area (Å²) in [5.74, 6) is -3.71. The SMILES string of the molecule is C=CC1CC1(NC(=O)C1CC(OC(=O)Nc2ccccc2C(=O)OC)CN1C(=O)C(NC(=O)OC(C)(C)C)C(C)(C)C)C(=O)NS(=O)(=O)C1CC1. The number of esters is 1. The van der Waals surface area contributed by atoms with E-state index in [-0.39, 0.29) is 30.6 Å². The molecule has 1 aliphatic heterocycles. The fourth-order valence-corrected chi connectivity index (χ4v) is 7.17. The van der Waals surface area contributed by atoms with Gasteiger partial charge >= 0.3 is 18.2 Å². The summed E-state index contributed by atoms with van der Waals surface area (Å²) in [7, 11) is -2.76. The molecule has 0 aromatic heterocycles. The number of alkyl carbamates (subject to hydrolysis) is 1. The summed E-state index contributed by atoms with van der Waals surface area (Å²) < 4.78 is 43.1. The molecule has 2 saturated carbocycles. The molecule has 1 aromatic rings. The van der Waals surface area contributed by atoms with Crippen LogP contribution < -0.4 is 20.7 Å². The molecule has 3 aliphatic rings. The van der Waals surface area contributed by atoms with Crippen molar-refractivity contribution in [2.75, 3.05) is 19.0 Å². The minimum absolute atomic E-state index is 0.0622. The van der Waals surface area contributed by atoms with Gasteiger partial charge in [-0.15, -0.1) is 6.58 Å². The maximum Gasteiger partial charge on any atom is 0.411 e. The van der Waals surface area contributed by atoms with E-state index in [9.17, 15) is 37.2 Å². The molecule has 2 aliphatic carbocycles. The molecule has 0 radical (unpaired) electrons. The number of rotatable bonds is 11. The average Bonchev–Trinajstić information content (AvgIpc) is 3.95. The van der Waals surface area contributed by atoms with Gasteiger partial charge in [-0.2, -0.15) is 0 Å². The number of hydrogen-bond acceptors (Lipinski definition) is 11. The highest BCUT2D eigenvalue weighted by Gasteiger charge is 2.62. The molecule has 17 heteroatoms. The van der Waals surface area contributed by atoms with Crippen molar-refractivity contribution in [3.8, 4) is 0 Å². The number of methoxy groups -OCH3 is 1.